The van der Waals surface area contributed by atoms with E-state index in [-0.39, 0.29) is 12.0 Å². The third-order valence-electron chi connectivity index (χ3n) is 3.54. The topological polar surface area (TPSA) is 40.5 Å². The van der Waals surface area contributed by atoms with Gasteiger partial charge < -0.3 is 5.11 Å². The highest BCUT2D eigenvalue weighted by molar-refractivity contribution is 5.66. The molecule has 0 fully saturated rings. The van der Waals surface area contributed by atoms with Gasteiger partial charge in [-0.2, -0.15) is 0 Å². The molecule has 0 radical (unpaired) electrons. The molecule has 1 aromatic carbocycles. The number of nitrogens with zero attached hydrogens (tertiary/aromatic N) is 1. The Morgan fingerprint density at radius 2 is 1.74 bits per heavy atom. The van der Waals surface area contributed by atoms with Crippen LogP contribution in [-0.4, -0.2) is 28.1 Å². The summed E-state index contributed by atoms with van der Waals surface area (Å²) >= 11 is 0. The molecular formula is C16H25NO2. The summed E-state index contributed by atoms with van der Waals surface area (Å²) in [7, 11) is 0. The van der Waals surface area contributed by atoms with E-state index in [0.29, 0.717) is 6.54 Å². The Hall–Kier alpha value is -1.35. The van der Waals surface area contributed by atoms with Crippen molar-refractivity contribution < 1.29 is 9.90 Å². The lowest BCUT2D eigenvalue weighted by Crippen LogP contribution is -2.42. The molecule has 0 bridgehead atoms. The number of carbonyl (C=O) groups is 1. The third-order valence-corrected chi connectivity index (χ3v) is 3.54. The highest BCUT2D eigenvalue weighted by atomic mass is 16.4. The summed E-state index contributed by atoms with van der Waals surface area (Å²) in [5.41, 5.74) is 3.81. The monoisotopic (exact) mass is 263 g/mol. The molecule has 0 heterocycles. The van der Waals surface area contributed by atoms with Crippen molar-refractivity contribution in [2.45, 2.75) is 53.1 Å². The van der Waals surface area contributed by atoms with E-state index in [4.69, 9.17) is 5.11 Å². The first-order valence-electron chi connectivity index (χ1n) is 6.73. The molecule has 1 rings (SSSR count). The fraction of sp³-hybridized carbons (Fsp3) is 0.562. The molecule has 0 aliphatic rings. The van der Waals surface area contributed by atoms with Gasteiger partial charge in [0.2, 0.25) is 0 Å². The fourth-order valence-corrected chi connectivity index (χ4v) is 2.17. The van der Waals surface area contributed by atoms with Gasteiger partial charge in [-0.3, -0.25) is 9.69 Å². The molecule has 0 spiro atoms. The minimum atomic E-state index is -0.740. The second kappa shape index (κ2) is 6.20. The number of aliphatic carboxylic acids is 1. The van der Waals surface area contributed by atoms with Crippen LogP contribution in [0, 0.1) is 13.8 Å². The van der Waals surface area contributed by atoms with Crippen molar-refractivity contribution in [3.05, 3.63) is 34.9 Å². The molecule has 1 N–H and O–H groups in total. The maximum Gasteiger partial charge on any atom is 0.304 e. The molecule has 0 saturated heterocycles. The van der Waals surface area contributed by atoms with Gasteiger partial charge in [-0.1, -0.05) is 18.2 Å². The quantitative estimate of drug-likeness (QED) is 0.885. The Labute approximate surface area is 116 Å². The predicted molar refractivity (Wildman–Crippen MR) is 78.3 cm³/mol. The summed E-state index contributed by atoms with van der Waals surface area (Å²) in [4.78, 5) is 13.0. The average molecular weight is 263 g/mol. The van der Waals surface area contributed by atoms with Gasteiger partial charge in [-0.25, -0.2) is 0 Å². The molecule has 1 aromatic rings. The third kappa shape index (κ3) is 4.67. The summed E-state index contributed by atoms with van der Waals surface area (Å²) in [6.07, 6.45) is 0.183. The number of rotatable bonds is 5. The molecule has 106 valence electrons. The fourth-order valence-electron chi connectivity index (χ4n) is 2.17. The standard InChI is InChI=1S/C16H25NO2/c1-12-7-6-8-13(2)14(12)11-17(16(3,4)5)10-9-15(18)19/h6-8H,9-11H2,1-5H3,(H,18,19). The molecule has 3 heteroatoms. The van der Waals surface area contributed by atoms with Crippen LogP contribution < -0.4 is 0 Å². The van der Waals surface area contributed by atoms with Crippen LogP contribution in [0.1, 0.15) is 43.9 Å². The van der Waals surface area contributed by atoms with E-state index in [9.17, 15) is 4.79 Å². The van der Waals surface area contributed by atoms with E-state index in [0.717, 1.165) is 6.54 Å². The van der Waals surface area contributed by atoms with E-state index in [2.05, 4.69) is 57.7 Å². The minimum Gasteiger partial charge on any atom is -0.481 e. The van der Waals surface area contributed by atoms with Crippen molar-refractivity contribution in [1.29, 1.82) is 0 Å². The largest absolute Gasteiger partial charge is 0.481 e. The molecule has 0 aliphatic carbocycles. The van der Waals surface area contributed by atoms with E-state index in [1.807, 2.05) is 0 Å². The van der Waals surface area contributed by atoms with Crippen LogP contribution in [0.15, 0.2) is 18.2 Å². The Balaban J connectivity index is 2.91. The second-order valence-electron chi connectivity index (χ2n) is 6.11. The van der Waals surface area contributed by atoms with Gasteiger partial charge >= 0.3 is 5.97 Å². The summed E-state index contributed by atoms with van der Waals surface area (Å²) in [5.74, 6) is -0.740. The predicted octanol–water partition coefficient (Wildman–Crippen LogP) is 3.38. The maximum atomic E-state index is 10.8. The molecule has 0 saturated carbocycles. The van der Waals surface area contributed by atoms with E-state index in [1.54, 1.807) is 0 Å². The van der Waals surface area contributed by atoms with Crippen molar-refractivity contribution >= 4 is 5.97 Å². The lowest BCUT2D eigenvalue weighted by molar-refractivity contribution is -0.137. The van der Waals surface area contributed by atoms with Crippen LogP contribution in [0.3, 0.4) is 0 Å². The first kappa shape index (κ1) is 15.7. The number of hydrogen-bond donors (Lipinski definition) is 1. The Morgan fingerprint density at radius 1 is 1.21 bits per heavy atom. The summed E-state index contributed by atoms with van der Waals surface area (Å²) in [5, 5.41) is 8.88. The number of carboxylic acids is 1. The van der Waals surface area contributed by atoms with Crippen molar-refractivity contribution in [1.82, 2.24) is 4.90 Å². The zero-order chi connectivity index (χ0) is 14.6. The van der Waals surface area contributed by atoms with Gasteiger partial charge in [0, 0.05) is 18.6 Å². The molecule has 0 unspecified atom stereocenters. The normalized spacial score (nSPS) is 11.9. The Morgan fingerprint density at radius 3 is 2.16 bits per heavy atom. The van der Waals surface area contributed by atoms with Gasteiger partial charge in [0.05, 0.1) is 6.42 Å². The van der Waals surface area contributed by atoms with Crippen LogP contribution in [0.25, 0.3) is 0 Å². The average Bonchev–Trinajstić information content (AvgIpc) is 2.25. The molecule has 0 atom stereocenters. The van der Waals surface area contributed by atoms with E-state index >= 15 is 0 Å². The SMILES string of the molecule is Cc1cccc(C)c1CN(CCC(=O)O)C(C)(C)C. The van der Waals surface area contributed by atoms with Gasteiger partial charge in [0.1, 0.15) is 0 Å². The lowest BCUT2D eigenvalue weighted by Gasteiger charge is -2.36. The zero-order valence-electron chi connectivity index (χ0n) is 12.7. The molecule has 3 nitrogen and oxygen atoms in total. The van der Waals surface area contributed by atoms with Crippen molar-refractivity contribution in [3.63, 3.8) is 0 Å². The van der Waals surface area contributed by atoms with Crippen LogP contribution >= 0.6 is 0 Å². The molecule has 19 heavy (non-hydrogen) atoms. The Kier molecular flexibility index (Phi) is 5.12. The second-order valence-corrected chi connectivity index (χ2v) is 6.11. The Bertz CT molecular complexity index is 426. The number of carboxylic acid groups (broad SMARTS) is 1. The minimum absolute atomic E-state index is 0.0375. The van der Waals surface area contributed by atoms with Crippen molar-refractivity contribution in [2.24, 2.45) is 0 Å². The van der Waals surface area contributed by atoms with E-state index in [1.165, 1.54) is 16.7 Å². The van der Waals surface area contributed by atoms with Gasteiger partial charge in [0.25, 0.3) is 0 Å². The van der Waals surface area contributed by atoms with Crippen LogP contribution in [-0.2, 0) is 11.3 Å². The zero-order valence-corrected chi connectivity index (χ0v) is 12.7. The molecule has 0 aliphatic heterocycles. The summed E-state index contributed by atoms with van der Waals surface area (Å²) in [6.45, 7) is 12.0. The van der Waals surface area contributed by atoms with Crippen LogP contribution in [0.2, 0.25) is 0 Å². The first-order valence-corrected chi connectivity index (χ1v) is 6.73. The van der Waals surface area contributed by atoms with Crippen LogP contribution in [0.4, 0.5) is 0 Å². The number of aryl methyl sites for hydroxylation is 2. The van der Waals surface area contributed by atoms with Gasteiger partial charge in [0.15, 0.2) is 0 Å². The summed E-state index contributed by atoms with van der Waals surface area (Å²) in [6, 6.07) is 6.29. The maximum absolute atomic E-state index is 10.8. The molecule has 0 amide bonds. The molecular weight excluding hydrogens is 238 g/mol. The van der Waals surface area contributed by atoms with Crippen molar-refractivity contribution in [2.75, 3.05) is 6.54 Å². The highest BCUT2D eigenvalue weighted by Gasteiger charge is 2.23. The van der Waals surface area contributed by atoms with Gasteiger partial charge in [-0.05, 0) is 51.3 Å². The van der Waals surface area contributed by atoms with E-state index < -0.39 is 5.97 Å². The number of benzene rings is 1. The number of hydrogen-bond acceptors (Lipinski definition) is 2. The first-order chi connectivity index (χ1) is 8.71. The highest BCUT2D eigenvalue weighted by Crippen LogP contribution is 2.21. The smallest absolute Gasteiger partial charge is 0.304 e. The lowest BCUT2D eigenvalue weighted by atomic mass is 9.99. The van der Waals surface area contributed by atoms with Crippen LogP contribution in [0.5, 0.6) is 0 Å². The van der Waals surface area contributed by atoms with Gasteiger partial charge in [-0.15, -0.1) is 0 Å². The van der Waals surface area contributed by atoms with Crippen molar-refractivity contribution in [3.8, 4) is 0 Å². The molecule has 0 aromatic heterocycles. The summed E-state index contributed by atoms with van der Waals surface area (Å²) < 4.78 is 0.